The average molecular weight is 217 g/mol. The van der Waals surface area contributed by atoms with Crippen molar-refractivity contribution in [3.63, 3.8) is 0 Å². The summed E-state index contributed by atoms with van der Waals surface area (Å²) in [5.74, 6) is 0.744. The molecule has 0 aromatic rings. The molecule has 0 radical (unpaired) electrons. The zero-order chi connectivity index (χ0) is 10.6. The molecule has 0 amide bonds. The fourth-order valence-electron chi connectivity index (χ4n) is 2.21. The second-order valence-corrected chi connectivity index (χ2v) is 5.95. The quantitative estimate of drug-likeness (QED) is 0.737. The Morgan fingerprint density at radius 2 is 2.21 bits per heavy atom. The van der Waals surface area contributed by atoms with Gasteiger partial charge in [0.1, 0.15) is 0 Å². The van der Waals surface area contributed by atoms with Crippen LogP contribution in [0.3, 0.4) is 0 Å². The van der Waals surface area contributed by atoms with Gasteiger partial charge < -0.3 is 10.4 Å². The highest BCUT2D eigenvalue weighted by Crippen LogP contribution is 2.36. The maximum atomic E-state index is 9.01. The SMILES string of the molecule is CCNC1CCC(SC(C)CO)C1C. The van der Waals surface area contributed by atoms with Crippen LogP contribution in [0.25, 0.3) is 0 Å². The van der Waals surface area contributed by atoms with Crippen LogP contribution >= 0.6 is 11.8 Å². The summed E-state index contributed by atoms with van der Waals surface area (Å²) >= 11 is 1.95. The predicted octanol–water partition coefficient (Wildman–Crippen LogP) is 1.88. The maximum Gasteiger partial charge on any atom is 0.0547 e. The lowest BCUT2D eigenvalue weighted by Crippen LogP contribution is -2.33. The topological polar surface area (TPSA) is 32.3 Å². The molecule has 1 rings (SSSR count). The van der Waals surface area contributed by atoms with Crippen LogP contribution in [0.1, 0.15) is 33.6 Å². The first-order chi connectivity index (χ1) is 6.69. The summed E-state index contributed by atoms with van der Waals surface area (Å²) in [6.45, 7) is 7.99. The third kappa shape index (κ3) is 3.14. The first-order valence-electron chi connectivity index (χ1n) is 5.68. The number of aliphatic hydroxyl groups excluding tert-OH is 1. The van der Waals surface area contributed by atoms with Crippen LogP contribution in [-0.4, -0.2) is 34.8 Å². The minimum absolute atomic E-state index is 0.305. The fraction of sp³-hybridized carbons (Fsp3) is 1.00. The lowest BCUT2D eigenvalue weighted by molar-refractivity contribution is 0.299. The molecule has 0 aromatic carbocycles. The number of hydrogen-bond acceptors (Lipinski definition) is 3. The lowest BCUT2D eigenvalue weighted by atomic mass is 10.1. The van der Waals surface area contributed by atoms with Crippen LogP contribution in [0.2, 0.25) is 0 Å². The Kier molecular flexibility index (Phi) is 5.28. The zero-order valence-corrected chi connectivity index (χ0v) is 10.3. The Balaban J connectivity index is 2.35. The van der Waals surface area contributed by atoms with Crippen molar-refractivity contribution in [2.24, 2.45) is 5.92 Å². The molecule has 0 heterocycles. The van der Waals surface area contributed by atoms with Gasteiger partial charge in [0.15, 0.2) is 0 Å². The highest BCUT2D eigenvalue weighted by molar-refractivity contribution is 8.00. The van der Waals surface area contributed by atoms with Crippen molar-refractivity contribution >= 4 is 11.8 Å². The molecule has 84 valence electrons. The summed E-state index contributed by atoms with van der Waals surface area (Å²) in [5, 5.41) is 13.7. The van der Waals surface area contributed by atoms with Gasteiger partial charge >= 0.3 is 0 Å². The standard InChI is InChI=1S/C11H23NOS/c1-4-12-10-5-6-11(9(10)3)14-8(2)7-13/h8-13H,4-7H2,1-3H3. The summed E-state index contributed by atoms with van der Waals surface area (Å²) < 4.78 is 0. The summed E-state index contributed by atoms with van der Waals surface area (Å²) in [5.41, 5.74) is 0. The minimum Gasteiger partial charge on any atom is -0.395 e. The first kappa shape index (κ1) is 12.3. The monoisotopic (exact) mass is 217 g/mol. The van der Waals surface area contributed by atoms with E-state index in [1.165, 1.54) is 12.8 Å². The Bertz CT molecular complexity index is 165. The molecule has 14 heavy (non-hydrogen) atoms. The molecule has 1 aliphatic rings. The number of hydrogen-bond donors (Lipinski definition) is 2. The van der Waals surface area contributed by atoms with E-state index < -0.39 is 0 Å². The van der Waals surface area contributed by atoms with Crippen LogP contribution in [-0.2, 0) is 0 Å². The van der Waals surface area contributed by atoms with Crippen molar-refractivity contribution in [3.8, 4) is 0 Å². The van der Waals surface area contributed by atoms with Gasteiger partial charge in [0.25, 0.3) is 0 Å². The lowest BCUT2D eigenvalue weighted by Gasteiger charge is -2.22. The molecule has 2 N–H and O–H groups in total. The highest BCUT2D eigenvalue weighted by Gasteiger charge is 2.33. The molecule has 1 aliphatic carbocycles. The van der Waals surface area contributed by atoms with E-state index in [9.17, 15) is 0 Å². The molecule has 1 fully saturated rings. The normalized spacial score (nSPS) is 34.7. The zero-order valence-electron chi connectivity index (χ0n) is 9.49. The van der Waals surface area contributed by atoms with Crippen molar-refractivity contribution in [2.45, 2.75) is 50.2 Å². The molecule has 0 saturated heterocycles. The third-order valence-electron chi connectivity index (χ3n) is 3.11. The van der Waals surface area contributed by atoms with Crippen LogP contribution in [0.4, 0.5) is 0 Å². The van der Waals surface area contributed by atoms with Crippen LogP contribution in [0.15, 0.2) is 0 Å². The van der Waals surface area contributed by atoms with E-state index >= 15 is 0 Å². The van der Waals surface area contributed by atoms with Gasteiger partial charge in [-0.2, -0.15) is 11.8 Å². The van der Waals surface area contributed by atoms with E-state index in [-0.39, 0.29) is 0 Å². The predicted molar refractivity (Wildman–Crippen MR) is 63.8 cm³/mol. The van der Waals surface area contributed by atoms with E-state index in [4.69, 9.17) is 5.11 Å². The van der Waals surface area contributed by atoms with E-state index in [1.807, 2.05) is 11.8 Å². The summed E-state index contributed by atoms with van der Waals surface area (Å²) in [6, 6.07) is 0.698. The first-order valence-corrected chi connectivity index (χ1v) is 6.63. The smallest absolute Gasteiger partial charge is 0.0547 e. The minimum atomic E-state index is 0.305. The van der Waals surface area contributed by atoms with Crippen LogP contribution < -0.4 is 5.32 Å². The number of thioether (sulfide) groups is 1. The van der Waals surface area contributed by atoms with E-state index in [1.54, 1.807) is 0 Å². The molecule has 2 nitrogen and oxygen atoms in total. The number of rotatable bonds is 5. The molecule has 4 atom stereocenters. The van der Waals surface area contributed by atoms with Crippen molar-refractivity contribution in [1.29, 1.82) is 0 Å². The third-order valence-corrected chi connectivity index (χ3v) is 4.74. The van der Waals surface area contributed by atoms with E-state index in [0.29, 0.717) is 17.9 Å². The van der Waals surface area contributed by atoms with Gasteiger partial charge in [0.2, 0.25) is 0 Å². The van der Waals surface area contributed by atoms with Gasteiger partial charge in [-0.1, -0.05) is 20.8 Å². The Labute approximate surface area is 91.9 Å². The van der Waals surface area contributed by atoms with Crippen LogP contribution in [0.5, 0.6) is 0 Å². The molecule has 0 spiro atoms. The van der Waals surface area contributed by atoms with Crippen molar-refractivity contribution in [2.75, 3.05) is 13.2 Å². The van der Waals surface area contributed by atoms with Gasteiger partial charge in [-0.05, 0) is 25.3 Å². The second-order valence-electron chi connectivity index (χ2n) is 4.27. The van der Waals surface area contributed by atoms with Crippen molar-refractivity contribution in [3.05, 3.63) is 0 Å². The Morgan fingerprint density at radius 1 is 1.50 bits per heavy atom. The van der Waals surface area contributed by atoms with Gasteiger partial charge in [-0.25, -0.2) is 0 Å². The maximum absolute atomic E-state index is 9.01. The molecular formula is C11H23NOS. The largest absolute Gasteiger partial charge is 0.395 e. The summed E-state index contributed by atoms with van der Waals surface area (Å²) in [7, 11) is 0. The number of nitrogens with one attached hydrogen (secondary N) is 1. The summed E-state index contributed by atoms with van der Waals surface area (Å²) in [6.07, 6.45) is 2.60. The van der Waals surface area contributed by atoms with Gasteiger partial charge in [0.05, 0.1) is 6.61 Å². The van der Waals surface area contributed by atoms with Crippen LogP contribution in [0, 0.1) is 5.92 Å². The fourth-order valence-corrected chi connectivity index (χ4v) is 3.60. The van der Waals surface area contributed by atoms with Gasteiger partial charge in [0, 0.05) is 16.5 Å². The Morgan fingerprint density at radius 3 is 2.79 bits per heavy atom. The van der Waals surface area contributed by atoms with E-state index in [0.717, 1.165) is 17.7 Å². The molecule has 1 saturated carbocycles. The molecule has 3 heteroatoms. The molecule has 0 aliphatic heterocycles. The summed E-state index contributed by atoms with van der Waals surface area (Å²) in [4.78, 5) is 0. The van der Waals surface area contributed by atoms with E-state index in [2.05, 4.69) is 26.1 Å². The average Bonchev–Trinajstić information content (AvgIpc) is 2.50. The molecular weight excluding hydrogens is 194 g/mol. The highest BCUT2D eigenvalue weighted by atomic mass is 32.2. The Hall–Kier alpha value is 0.270. The molecule has 4 unspecified atom stereocenters. The molecule has 0 bridgehead atoms. The van der Waals surface area contributed by atoms with Crippen molar-refractivity contribution in [1.82, 2.24) is 5.32 Å². The van der Waals surface area contributed by atoms with Gasteiger partial charge in [-0.15, -0.1) is 0 Å². The number of aliphatic hydroxyl groups is 1. The van der Waals surface area contributed by atoms with Gasteiger partial charge in [-0.3, -0.25) is 0 Å². The second kappa shape index (κ2) is 5.99. The van der Waals surface area contributed by atoms with Crippen molar-refractivity contribution < 1.29 is 5.11 Å². The molecule has 0 aromatic heterocycles.